The van der Waals surface area contributed by atoms with Crippen LogP contribution in [0.15, 0.2) is 24.3 Å². The highest BCUT2D eigenvalue weighted by Gasteiger charge is 2.16. The molecule has 0 bridgehead atoms. The molecule has 112 valence electrons. The Balaban J connectivity index is 1.68. The maximum atomic E-state index is 5.77. The van der Waals surface area contributed by atoms with Gasteiger partial charge >= 0.3 is 0 Å². The van der Waals surface area contributed by atoms with Gasteiger partial charge in [0, 0.05) is 30.1 Å². The third kappa shape index (κ3) is 3.38. The Bertz CT molecular complexity index is 595. The summed E-state index contributed by atoms with van der Waals surface area (Å²) in [6, 6.07) is 8.99. The van der Waals surface area contributed by atoms with E-state index in [2.05, 4.69) is 41.1 Å². The Morgan fingerprint density at radius 3 is 2.48 bits per heavy atom. The van der Waals surface area contributed by atoms with Gasteiger partial charge in [-0.25, -0.2) is 4.98 Å². The number of benzene rings is 1. The first-order chi connectivity index (χ1) is 10.1. The van der Waals surface area contributed by atoms with Crippen molar-refractivity contribution in [1.29, 1.82) is 0 Å². The van der Waals surface area contributed by atoms with Crippen LogP contribution in [0.3, 0.4) is 0 Å². The number of aromatic nitrogens is 1. The molecule has 2 heterocycles. The molecule has 0 spiro atoms. The maximum absolute atomic E-state index is 5.77. The second-order valence-corrected chi connectivity index (χ2v) is 7.19. The van der Waals surface area contributed by atoms with E-state index in [1.165, 1.54) is 42.1 Å². The molecule has 0 unspecified atom stereocenters. The van der Waals surface area contributed by atoms with Gasteiger partial charge in [0.1, 0.15) is 0 Å². The Labute approximate surface area is 130 Å². The molecule has 1 aromatic carbocycles. The summed E-state index contributed by atoms with van der Waals surface area (Å²) in [6.45, 7) is 6.75. The zero-order valence-electron chi connectivity index (χ0n) is 12.8. The second-order valence-electron chi connectivity index (χ2n) is 6.07. The van der Waals surface area contributed by atoms with Gasteiger partial charge in [-0.05, 0) is 43.4 Å². The van der Waals surface area contributed by atoms with Gasteiger partial charge in [0.15, 0.2) is 5.13 Å². The van der Waals surface area contributed by atoms with Gasteiger partial charge in [0.25, 0.3) is 0 Å². The van der Waals surface area contributed by atoms with Gasteiger partial charge in [0.2, 0.25) is 0 Å². The van der Waals surface area contributed by atoms with Gasteiger partial charge in [-0.2, -0.15) is 0 Å². The highest BCUT2D eigenvalue weighted by Crippen LogP contribution is 2.26. The summed E-state index contributed by atoms with van der Waals surface area (Å²) in [5.41, 5.74) is 9.51. The highest BCUT2D eigenvalue weighted by atomic mass is 32.1. The Morgan fingerprint density at radius 2 is 1.90 bits per heavy atom. The highest BCUT2D eigenvalue weighted by molar-refractivity contribution is 7.15. The number of hydrogen-bond acceptors (Lipinski definition) is 4. The van der Waals surface area contributed by atoms with Crippen LogP contribution in [0.1, 0.15) is 35.9 Å². The molecule has 21 heavy (non-hydrogen) atoms. The van der Waals surface area contributed by atoms with Crippen molar-refractivity contribution in [3.05, 3.63) is 40.4 Å². The molecule has 3 rings (SSSR count). The maximum Gasteiger partial charge on any atom is 0.180 e. The topological polar surface area (TPSA) is 42.1 Å². The molecule has 1 saturated heterocycles. The minimum absolute atomic E-state index is 0.668. The Kier molecular flexibility index (Phi) is 4.15. The third-order valence-electron chi connectivity index (χ3n) is 4.36. The fourth-order valence-electron chi connectivity index (χ4n) is 2.89. The van der Waals surface area contributed by atoms with Crippen molar-refractivity contribution < 1.29 is 0 Å². The molecule has 0 saturated carbocycles. The van der Waals surface area contributed by atoms with E-state index in [4.69, 9.17) is 5.73 Å². The quantitative estimate of drug-likeness (QED) is 0.936. The first kappa shape index (κ1) is 14.4. The van der Waals surface area contributed by atoms with Crippen molar-refractivity contribution in [2.75, 3.05) is 23.7 Å². The molecule has 0 atom stereocenters. The summed E-state index contributed by atoms with van der Waals surface area (Å²) in [5.74, 6) is 0.875. The number of nitrogen functional groups attached to an aromatic ring is 1. The van der Waals surface area contributed by atoms with Crippen LogP contribution in [0.4, 0.5) is 10.8 Å². The normalized spacial score (nSPS) is 16.4. The van der Waals surface area contributed by atoms with E-state index in [-0.39, 0.29) is 0 Å². The Morgan fingerprint density at radius 1 is 1.24 bits per heavy atom. The van der Waals surface area contributed by atoms with Crippen molar-refractivity contribution in [3.8, 4) is 0 Å². The fourth-order valence-corrected chi connectivity index (χ4v) is 3.76. The first-order valence-electron chi connectivity index (χ1n) is 7.67. The molecule has 1 aromatic heterocycles. The average Bonchev–Trinajstić information content (AvgIpc) is 2.79. The molecule has 3 nitrogen and oxygen atoms in total. The van der Waals surface area contributed by atoms with Gasteiger partial charge in [-0.15, -0.1) is 11.3 Å². The number of anilines is 2. The molecule has 2 aromatic rings. The van der Waals surface area contributed by atoms with E-state index in [1.54, 1.807) is 11.3 Å². The molecule has 2 N–H and O–H groups in total. The smallest absolute Gasteiger partial charge is 0.180 e. The molecule has 0 radical (unpaired) electrons. The van der Waals surface area contributed by atoms with E-state index in [9.17, 15) is 0 Å². The zero-order valence-corrected chi connectivity index (χ0v) is 13.6. The van der Waals surface area contributed by atoms with Crippen LogP contribution in [0.25, 0.3) is 0 Å². The molecular formula is C17H23N3S. The molecule has 1 aliphatic heterocycles. The van der Waals surface area contributed by atoms with Crippen LogP contribution in [0.5, 0.6) is 0 Å². The van der Waals surface area contributed by atoms with Crippen molar-refractivity contribution in [1.82, 2.24) is 4.98 Å². The van der Waals surface area contributed by atoms with Crippen molar-refractivity contribution in [2.24, 2.45) is 5.92 Å². The van der Waals surface area contributed by atoms with Crippen LogP contribution >= 0.6 is 11.3 Å². The van der Waals surface area contributed by atoms with Gasteiger partial charge in [-0.3, -0.25) is 0 Å². The van der Waals surface area contributed by atoms with Crippen LogP contribution < -0.4 is 10.6 Å². The second kappa shape index (κ2) is 6.06. The number of thiazole rings is 1. The number of hydrogen-bond donors (Lipinski definition) is 1. The lowest BCUT2D eigenvalue weighted by Crippen LogP contribution is -2.32. The predicted molar refractivity (Wildman–Crippen MR) is 91.1 cm³/mol. The summed E-state index contributed by atoms with van der Waals surface area (Å²) in [6.07, 6.45) is 3.54. The average molecular weight is 301 g/mol. The minimum atomic E-state index is 0.668. The lowest BCUT2D eigenvalue weighted by molar-refractivity contribution is 0.438. The van der Waals surface area contributed by atoms with Crippen molar-refractivity contribution in [3.63, 3.8) is 0 Å². The van der Waals surface area contributed by atoms with Gasteiger partial charge < -0.3 is 10.6 Å². The Hall–Kier alpha value is -1.55. The van der Waals surface area contributed by atoms with Crippen LogP contribution in [0.2, 0.25) is 0 Å². The number of rotatable bonds is 3. The van der Waals surface area contributed by atoms with E-state index in [0.717, 1.165) is 18.0 Å². The first-order valence-corrected chi connectivity index (χ1v) is 8.49. The predicted octanol–water partition coefficient (Wildman–Crippen LogP) is 3.86. The molecule has 1 aliphatic rings. The monoisotopic (exact) mass is 301 g/mol. The van der Waals surface area contributed by atoms with E-state index in [1.807, 2.05) is 6.92 Å². The van der Waals surface area contributed by atoms with Crippen LogP contribution in [0, 0.1) is 12.8 Å². The molecular weight excluding hydrogens is 278 g/mol. The summed E-state index contributed by atoms with van der Waals surface area (Å²) < 4.78 is 0. The SMILES string of the molecule is Cc1nc(N)sc1Cc1ccc(N2CCC(C)CC2)cc1. The summed E-state index contributed by atoms with van der Waals surface area (Å²) >= 11 is 1.60. The molecule has 0 amide bonds. The molecule has 1 fully saturated rings. The van der Waals surface area contributed by atoms with Gasteiger partial charge in [-0.1, -0.05) is 19.1 Å². The van der Waals surface area contributed by atoms with Gasteiger partial charge in [0.05, 0.1) is 5.69 Å². The zero-order chi connectivity index (χ0) is 14.8. The van der Waals surface area contributed by atoms with E-state index in [0.29, 0.717) is 5.13 Å². The van der Waals surface area contributed by atoms with Crippen LogP contribution in [-0.2, 0) is 6.42 Å². The fraction of sp³-hybridized carbons (Fsp3) is 0.471. The van der Waals surface area contributed by atoms with E-state index < -0.39 is 0 Å². The molecule has 4 heteroatoms. The largest absolute Gasteiger partial charge is 0.375 e. The minimum Gasteiger partial charge on any atom is -0.375 e. The number of aryl methyl sites for hydroxylation is 1. The molecule has 0 aliphatic carbocycles. The third-order valence-corrected chi connectivity index (χ3v) is 5.35. The summed E-state index contributed by atoms with van der Waals surface area (Å²) in [7, 11) is 0. The lowest BCUT2D eigenvalue weighted by atomic mass is 9.98. The lowest BCUT2D eigenvalue weighted by Gasteiger charge is -2.32. The number of piperidine rings is 1. The number of nitrogens with two attached hydrogens (primary N) is 1. The van der Waals surface area contributed by atoms with Crippen LogP contribution in [-0.4, -0.2) is 18.1 Å². The standard InChI is InChI=1S/C17H23N3S/c1-12-7-9-20(10-8-12)15-5-3-14(4-6-15)11-16-13(2)19-17(18)21-16/h3-6,12H,7-11H2,1-2H3,(H2,18,19). The van der Waals surface area contributed by atoms with Crippen molar-refractivity contribution >= 4 is 22.2 Å². The van der Waals surface area contributed by atoms with E-state index >= 15 is 0 Å². The summed E-state index contributed by atoms with van der Waals surface area (Å²) in [4.78, 5) is 8.06. The number of nitrogens with zero attached hydrogens (tertiary/aromatic N) is 2. The summed E-state index contributed by atoms with van der Waals surface area (Å²) in [5, 5.41) is 0.668. The van der Waals surface area contributed by atoms with Crippen molar-refractivity contribution in [2.45, 2.75) is 33.1 Å².